The normalized spacial score (nSPS) is 11.1. The summed E-state index contributed by atoms with van der Waals surface area (Å²) in [6, 6.07) is 5.77. The minimum Gasteiger partial charge on any atom is -0.507 e. The highest BCUT2D eigenvalue weighted by atomic mass is 35.5. The molecule has 0 atom stereocenters. The van der Waals surface area contributed by atoms with Crippen molar-refractivity contribution >= 4 is 23.2 Å². The number of hydrogen-bond acceptors (Lipinski definition) is 4. The Kier molecular flexibility index (Phi) is 9.22. The van der Waals surface area contributed by atoms with Gasteiger partial charge < -0.3 is 20.1 Å². The Labute approximate surface area is 203 Å². The molecule has 1 heterocycles. The van der Waals surface area contributed by atoms with Gasteiger partial charge in [-0.15, -0.1) is 0 Å². The lowest BCUT2D eigenvalue weighted by atomic mass is 10.1. The number of aliphatic hydroxyl groups is 1. The van der Waals surface area contributed by atoms with Crippen LogP contribution in [-0.2, 0) is 20.1 Å². The van der Waals surface area contributed by atoms with Gasteiger partial charge in [0.05, 0.1) is 39.8 Å². The van der Waals surface area contributed by atoms with E-state index in [2.05, 4.69) is 10.3 Å². The van der Waals surface area contributed by atoms with Crippen LogP contribution in [0.15, 0.2) is 30.3 Å². The number of carbonyl (C=O) groups is 1. The van der Waals surface area contributed by atoms with Crippen LogP contribution < -0.4 is 5.32 Å². The van der Waals surface area contributed by atoms with Crippen molar-refractivity contribution in [3.8, 4) is 17.1 Å². The zero-order chi connectivity index (χ0) is 26.5. The van der Waals surface area contributed by atoms with Crippen LogP contribution in [-0.4, -0.2) is 31.8 Å². The van der Waals surface area contributed by atoms with Crippen molar-refractivity contribution in [1.82, 2.24) is 9.55 Å². The van der Waals surface area contributed by atoms with Gasteiger partial charge in [0, 0.05) is 13.5 Å². The van der Waals surface area contributed by atoms with E-state index in [9.17, 15) is 37.0 Å². The Morgan fingerprint density at radius 2 is 1.80 bits per heavy atom. The third-order valence-corrected chi connectivity index (χ3v) is 5.27. The second-order valence-electron chi connectivity index (χ2n) is 7.27. The lowest BCUT2D eigenvalue weighted by Gasteiger charge is -2.11. The molecule has 35 heavy (non-hydrogen) atoms. The molecule has 0 fully saturated rings. The average molecular weight is 520 g/mol. The van der Waals surface area contributed by atoms with E-state index < -0.39 is 41.5 Å². The first kappa shape index (κ1) is 28.1. The highest BCUT2D eigenvalue weighted by Gasteiger charge is 2.23. The first-order valence-corrected chi connectivity index (χ1v) is 10.7. The molecule has 0 saturated carbocycles. The summed E-state index contributed by atoms with van der Waals surface area (Å²) in [6.07, 6.45) is -4.16. The third-order valence-electron chi connectivity index (χ3n) is 4.95. The molecule has 0 bridgehead atoms. The minimum atomic E-state index is -3.96. The largest absolute Gasteiger partial charge is 0.507 e. The molecule has 0 unspecified atom stereocenters. The molecule has 6 nitrogen and oxygen atoms in total. The lowest BCUT2D eigenvalue weighted by Crippen LogP contribution is -2.14. The molecule has 190 valence electrons. The Morgan fingerprint density at radius 3 is 2.29 bits per heavy atom. The molecule has 2 aromatic carbocycles. The van der Waals surface area contributed by atoms with Gasteiger partial charge in [0.15, 0.2) is 0 Å². The highest BCUT2D eigenvalue weighted by Crippen LogP contribution is 2.32. The first-order chi connectivity index (χ1) is 16.3. The molecule has 3 aromatic rings. The van der Waals surface area contributed by atoms with Gasteiger partial charge in [-0.05, 0) is 30.7 Å². The van der Waals surface area contributed by atoms with Gasteiger partial charge >= 0.3 is 6.18 Å². The number of nitrogens with zero attached hydrogens (tertiary/aromatic N) is 2. The molecular weight excluding hydrogens is 497 g/mol. The maximum Gasteiger partial charge on any atom is 0.388 e. The van der Waals surface area contributed by atoms with E-state index in [4.69, 9.17) is 11.6 Å². The van der Waals surface area contributed by atoms with Crippen LogP contribution in [0.3, 0.4) is 0 Å². The van der Waals surface area contributed by atoms with E-state index in [1.165, 1.54) is 16.7 Å². The van der Waals surface area contributed by atoms with E-state index in [1.807, 2.05) is 6.92 Å². The maximum atomic E-state index is 14.8. The van der Waals surface area contributed by atoms with Crippen molar-refractivity contribution in [2.24, 2.45) is 7.05 Å². The highest BCUT2D eigenvalue weighted by molar-refractivity contribution is 6.34. The van der Waals surface area contributed by atoms with Gasteiger partial charge in [-0.2, -0.15) is 13.2 Å². The van der Waals surface area contributed by atoms with Crippen LogP contribution in [0.1, 0.15) is 42.0 Å². The molecule has 1 amide bonds. The number of hydrogen-bond donors (Lipinski definition) is 3. The van der Waals surface area contributed by atoms with Crippen molar-refractivity contribution in [2.75, 3.05) is 5.32 Å². The minimum absolute atomic E-state index is 0.0356. The van der Waals surface area contributed by atoms with E-state index in [0.29, 0.717) is 17.8 Å². The number of carbonyl (C=O) groups excluding carboxylic acids is 1. The van der Waals surface area contributed by atoms with Gasteiger partial charge in [0.2, 0.25) is 0 Å². The number of aromatic nitrogens is 2. The second-order valence-corrected chi connectivity index (χ2v) is 7.68. The van der Waals surface area contributed by atoms with Gasteiger partial charge in [-0.1, -0.05) is 31.5 Å². The molecule has 3 rings (SSSR count). The summed E-state index contributed by atoms with van der Waals surface area (Å²) in [7, 11) is 1.62. The number of benzene rings is 2. The van der Waals surface area contributed by atoms with E-state index >= 15 is 0 Å². The summed E-state index contributed by atoms with van der Waals surface area (Å²) in [5, 5.41) is 22.0. The molecule has 12 heteroatoms. The van der Waals surface area contributed by atoms with Gasteiger partial charge in [0.1, 0.15) is 23.2 Å². The number of aromatic hydroxyl groups is 1. The Morgan fingerprint density at radius 1 is 1.17 bits per heavy atom. The number of nitrogens with one attached hydrogen (secondary N) is 1. The number of aryl methyl sites for hydroxylation is 1. The van der Waals surface area contributed by atoms with Crippen molar-refractivity contribution in [3.05, 3.63) is 63.9 Å². The molecule has 0 aliphatic heterocycles. The standard InChI is InChI=1S/C20H18ClF2N3O3.C3H5F3/c1-3-15-16(9-27)26(2)19(24-15)10-8-17(28)11(7-14(10)23)20(29)25-18-12(21)5-4-6-13(18)22;1-2-3(4,5)6/h4-8,27-28H,3,9H2,1-2H3,(H,25,29);2H2,1H3. The van der Waals surface area contributed by atoms with Crippen LogP contribution in [0.5, 0.6) is 5.75 Å². The fraction of sp³-hybridized carbons (Fsp3) is 0.304. The number of phenolic OH excluding ortho intramolecular Hbond substituents is 1. The summed E-state index contributed by atoms with van der Waals surface area (Å²) in [6.45, 7) is 2.66. The third kappa shape index (κ3) is 6.70. The number of rotatable bonds is 5. The Bertz CT molecular complexity index is 1190. The van der Waals surface area contributed by atoms with Crippen molar-refractivity contribution in [1.29, 1.82) is 0 Å². The fourth-order valence-electron chi connectivity index (χ4n) is 3.02. The van der Waals surface area contributed by atoms with Crippen LogP contribution in [0, 0.1) is 11.6 Å². The Hall–Kier alpha value is -3.18. The molecule has 0 radical (unpaired) electrons. The molecular formula is C23H23ClF5N3O3. The molecule has 1 aromatic heterocycles. The predicted molar refractivity (Wildman–Crippen MR) is 121 cm³/mol. The second kappa shape index (κ2) is 11.5. The van der Waals surface area contributed by atoms with Gasteiger partial charge in [-0.3, -0.25) is 4.79 Å². The van der Waals surface area contributed by atoms with Crippen LogP contribution in [0.25, 0.3) is 11.4 Å². The average Bonchev–Trinajstić information content (AvgIpc) is 3.12. The van der Waals surface area contributed by atoms with Crippen LogP contribution >= 0.6 is 11.6 Å². The van der Waals surface area contributed by atoms with E-state index in [1.54, 1.807) is 7.05 Å². The number of para-hydroxylation sites is 1. The summed E-state index contributed by atoms with van der Waals surface area (Å²) in [4.78, 5) is 16.8. The smallest absolute Gasteiger partial charge is 0.388 e. The monoisotopic (exact) mass is 519 g/mol. The number of alkyl halides is 3. The number of aliphatic hydroxyl groups excluding tert-OH is 1. The SMILES string of the molecule is CCC(F)(F)F.CCc1nc(-c2cc(O)c(C(=O)Nc3c(F)cccc3Cl)cc2F)n(C)c1CO. The van der Waals surface area contributed by atoms with Gasteiger partial charge in [-0.25, -0.2) is 13.8 Å². The van der Waals surface area contributed by atoms with Crippen molar-refractivity contribution in [2.45, 2.75) is 39.5 Å². The van der Waals surface area contributed by atoms with Crippen LogP contribution in [0.2, 0.25) is 5.02 Å². The zero-order valence-electron chi connectivity index (χ0n) is 19.0. The molecule has 0 spiro atoms. The summed E-state index contributed by atoms with van der Waals surface area (Å²) in [5.74, 6) is -2.82. The molecule has 3 N–H and O–H groups in total. The number of anilines is 1. The molecule has 0 aliphatic rings. The zero-order valence-corrected chi connectivity index (χ0v) is 19.7. The summed E-state index contributed by atoms with van der Waals surface area (Å²) >= 11 is 5.88. The fourth-order valence-corrected chi connectivity index (χ4v) is 3.23. The number of phenols is 1. The van der Waals surface area contributed by atoms with E-state index in [0.717, 1.165) is 25.1 Å². The first-order valence-electron chi connectivity index (χ1n) is 10.3. The quantitative estimate of drug-likeness (QED) is 0.361. The van der Waals surface area contributed by atoms with Crippen molar-refractivity contribution < 1.29 is 37.0 Å². The van der Waals surface area contributed by atoms with Gasteiger partial charge in [0.25, 0.3) is 5.91 Å². The predicted octanol–water partition coefficient (Wildman–Crippen LogP) is 5.99. The Balaban J connectivity index is 0.000000641. The van der Waals surface area contributed by atoms with Crippen molar-refractivity contribution in [3.63, 3.8) is 0 Å². The van der Waals surface area contributed by atoms with Crippen LogP contribution in [0.4, 0.5) is 27.6 Å². The molecule has 0 aliphatic carbocycles. The molecule has 0 saturated heterocycles. The van der Waals surface area contributed by atoms with E-state index in [-0.39, 0.29) is 28.7 Å². The summed E-state index contributed by atoms with van der Waals surface area (Å²) < 4.78 is 62.5. The topological polar surface area (TPSA) is 87.4 Å². The number of amides is 1. The lowest BCUT2D eigenvalue weighted by molar-refractivity contribution is -0.130. The number of halogens is 6. The maximum absolute atomic E-state index is 14.8. The number of imidazole rings is 1. The summed E-state index contributed by atoms with van der Waals surface area (Å²) in [5.41, 5.74) is 0.419.